The van der Waals surface area contributed by atoms with E-state index in [-0.39, 0.29) is 11.8 Å². The molecule has 0 aliphatic carbocycles. The Morgan fingerprint density at radius 1 is 1.15 bits per heavy atom. The number of pyridine rings is 1. The fourth-order valence-corrected chi connectivity index (χ4v) is 2.32. The molecule has 1 aliphatic rings. The second kappa shape index (κ2) is 5.90. The van der Waals surface area contributed by atoms with E-state index >= 15 is 0 Å². The van der Waals surface area contributed by atoms with Crippen LogP contribution in [-0.4, -0.2) is 66.9 Å². The lowest BCUT2D eigenvalue weighted by atomic mass is 10.2. The summed E-state index contributed by atoms with van der Waals surface area (Å²) >= 11 is 0. The third-order valence-electron chi connectivity index (χ3n) is 3.45. The minimum absolute atomic E-state index is 0.0231. The molecular weight excluding hydrogens is 256 g/mol. The van der Waals surface area contributed by atoms with Crippen LogP contribution in [0.1, 0.15) is 17.3 Å². The number of aromatic nitrogens is 1. The van der Waals surface area contributed by atoms with Crippen LogP contribution in [-0.2, 0) is 4.79 Å². The first-order valence-electron chi connectivity index (χ1n) is 6.68. The van der Waals surface area contributed by atoms with E-state index in [0.29, 0.717) is 37.6 Å². The number of carbonyl (C=O) groups is 2. The highest BCUT2D eigenvalue weighted by Gasteiger charge is 2.25. The van der Waals surface area contributed by atoms with Crippen molar-refractivity contribution in [3.8, 4) is 0 Å². The van der Waals surface area contributed by atoms with E-state index < -0.39 is 0 Å². The molecule has 0 radical (unpaired) electrons. The van der Waals surface area contributed by atoms with Gasteiger partial charge in [-0.2, -0.15) is 0 Å². The molecule has 0 atom stereocenters. The van der Waals surface area contributed by atoms with Gasteiger partial charge in [0.2, 0.25) is 5.91 Å². The molecule has 1 aliphatic heterocycles. The van der Waals surface area contributed by atoms with Crippen molar-refractivity contribution in [2.24, 2.45) is 0 Å². The maximum atomic E-state index is 12.6. The zero-order valence-corrected chi connectivity index (χ0v) is 12.2. The van der Waals surface area contributed by atoms with E-state index in [1.54, 1.807) is 35.1 Å². The molecule has 2 amide bonds. The van der Waals surface area contributed by atoms with E-state index in [1.165, 1.54) is 0 Å². The summed E-state index contributed by atoms with van der Waals surface area (Å²) in [6.45, 7) is 3.89. The van der Waals surface area contributed by atoms with Crippen LogP contribution < -0.4 is 4.90 Å². The summed E-state index contributed by atoms with van der Waals surface area (Å²) in [6.07, 6.45) is 1.68. The number of hydrogen-bond donors (Lipinski definition) is 0. The normalized spacial score (nSPS) is 15.2. The number of nitrogens with zero attached hydrogens (tertiary/aromatic N) is 4. The SMILES string of the molecule is CC(=O)N1CCN(C(=O)c2cccnc2N(C)C)CC1. The maximum absolute atomic E-state index is 12.6. The Morgan fingerprint density at radius 3 is 2.30 bits per heavy atom. The quantitative estimate of drug-likeness (QED) is 0.787. The van der Waals surface area contributed by atoms with Crippen LogP contribution in [0, 0.1) is 0 Å². The van der Waals surface area contributed by atoms with Gasteiger partial charge in [0.15, 0.2) is 0 Å². The van der Waals surface area contributed by atoms with Crippen molar-refractivity contribution in [1.82, 2.24) is 14.8 Å². The lowest BCUT2D eigenvalue weighted by Crippen LogP contribution is -2.50. The highest BCUT2D eigenvalue weighted by atomic mass is 16.2. The topological polar surface area (TPSA) is 56.8 Å². The predicted octanol–water partition coefficient (Wildman–Crippen LogP) is 0.452. The molecule has 20 heavy (non-hydrogen) atoms. The molecular formula is C14H20N4O2. The van der Waals surface area contributed by atoms with E-state index in [0.717, 1.165) is 0 Å². The lowest BCUT2D eigenvalue weighted by Gasteiger charge is -2.34. The minimum Gasteiger partial charge on any atom is -0.362 e. The van der Waals surface area contributed by atoms with Gasteiger partial charge in [0, 0.05) is 53.4 Å². The second-order valence-electron chi connectivity index (χ2n) is 5.07. The van der Waals surface area contributed by atoms with E-state index in [1.807, 2.05) is 19.0 Å². The first-order valence-corrected chi connectivity index (χ1v) is 6.68. The van der Waals surface area contributed by atoms with Gasteiger partial charge in [0.25, 0.3) is 5.91 Å². The van der Waals surface area contributed by atoms with Crippen LogP contribution >= 0.6 is 0 Å². The van der Waals surface area contributed by atoms with Crippen LogP contribution in [0.15, 0.2) is 18.3 Å². The highest BCUT2D eigenvalue weighted by Crippen LogP contribution is 2.17. The Hall–Kier alpha value is -2.11. The van der Waals surface area contributed by atoms with Crippen LogP contribution in [0.3, 0.4) is 0 Å². The van der Waals surface area contributed by atoms with Gasteiger partial charge in [-0.15, -0.1) is 0 Å². The molecule has 0 bridgehead atoms. The minimum atomic E-state index is -0.0231. The first kappa shape index (κ1) is 14.3. The fraction of sp³-hybridized carbons (Fsp3) is 0.500. The van der Waals surface area contributed by atoms with Gasteiger partial charge in [0.05, 0.1) is 5.56 Å². The van der Waals surface area contributed by atoms with Crippen molar-refractivity contribution in [3.63, 3.8) is 0 Å². The highest BCUT2D eigenvalue weighted by molar-refractivity contribution is 5.99. The number of amides is 2. The number of piperazine rings is 1. The average molecular weight is 276 g/mol. The lowest BCUT2D eigenvalue weighted by molar-refractivity contribution is -0.130. The maximum Gasteiger partial charge on any atom is 0.257 e. The smallest absolute Gasteiger partial charge is 0.257 e. The Bertz CT molecular complexity index is 508. The van der Waals surface area contributed by atoms with Crippen LogP contribution in [0.4, 0.5) is 5.82 Å². The molecule has 0 aromatic carbocycles. The Balaban J connectivity index is 2.11. The van der Waals surface area contributed by atoms with Gasteiger partial charge in [0.1, 0.15) is 5.82 Å². The van der Waals surface area contributed by atoms with Crippen molar-refractivity contribution in [1.29, 1.82) is 0 Å². The summed E-state index contributed by atoms with van der Waals surface area (Å²) in [5, 5.41) is 0. The number of carbonyl (C=O) groups excluding carboxylic acids is 2. The summed E-state index contributed by atoms with van der Waals surface area (Å²) in [7, 11) is 3.74. The number of hydrogen-bond acceptors (Lipinski definition) is 4. The van der Waals surface area contributed by atoms with Crippen molar-refractivity contribution in [2.45, 2.75) is 6.92 Å². The zero-order chi connectivity index (χ0) is 14.7. The summed E-state index contributed by atoms with van der Waals surface area (Å²) in [4.78, 5) is 33.5. The van der Waals surface area contributed by atoms with E-state index in [9.17, 15) is 9.59 Å². The zero-order valence-electron chi connectivity index (χ0n) is 12.2. The second-order valence-corrected chi connectivity index (χ2v) is 5.07. The number of anilines is 1. The Labute approximate surface area is 119 Å². The molecule has 1 aromatic rings. The monoisotopic (exact) mass is 276 g/mol. The average Bonchev–Trinajstić information content (AvgIpc) is 2.46. The molecule has 2 heterocycles. The summed E-state index contributed by atoms with van der Waals surface area (Å²) in [6, 6.07) is 3.56. The summed E-state index contributed by atoms with van der Waals surface area (Å²) in [5.74, 6) is 0.712. The molecule has 108 valence electrons. The van der Waals surface area contributed by atoms with E-state index in [2.05, 4.69) is 4.98 Å². The third-order valence-corrected chi connectivity index (χ3v) is 3.45. The van der Waals surface area contributed by atoms with Crippen molar-refractivity contribution in [3.05, 3.63) is 23.9 Å². The molecule has 1 fully saturated rings. The van der Waals surface area contributed by atoms with Crippen molar-refractivity contribution in [2.75, 3.05) is 45.2 Å². The van der Waals surface area contributed by atoms with Crippen molar-refractivity contribution >= 4 is 17.6 Å². The van der Waals surface area contributed by atoms with Crippen molar-refractivity contribution < 1.29 is 9.59 Å². The Morgan fingerprint density at radius 2 is 1.75 bits per heavy atom. The van der Waals surface area contributed by atoms with Gasteiger partial charge in [-0.1, -0.05) is 0 Å². The molecule has 1 saturated heterocycles. The van der Waals surface area contributed by atoms with Gasteiger partial charge in [-0.05, 0) is 12.1 Å². The molecule has 0 saturated carbocycles. The predicted molar refractivity (Wildman–Crippen MR) is 76.7 cm³/mol. The molecule has 0 unspecified atom stereocenters. The standard InChI is InChI=1S/C14H20N4O2/c1-11(19)17-7-9-18(10-8-17)14(20)12-5-4-6-15-13(12)16(2)3/h4-6H,7-10H2,1-3H3. The molecule has 0 spiro atoms. The molecule has 6 heteroatoms. The largest absolute Gasteiger partial charge is 0.362 e. The van der Waals surface area contributed by atoms with Gasteiger partial charge in [-0.3, -0.25) is 9.59 Å². The fourth-order valence-electron chi connectivity index (χ4n) is 2.32. The van der Waals surface area contributed by atoms with Crippen LogP contribution in [0.25, 0.3) is 0 Å². The molecule has 0 N–H and O–H groups in total. The van der Waals surface area contributed by atoms with Gasteiger partial charge < -0.3 is 14.7 Å². The van der Waals surface area contributed by atoms with E-state index in [4.69, 9.17) is 0 Å². The Kier molecular flexibility index (Phi) is 4.22. The number of rotatable bonds is 2. The van der Waals surface area contributed by atoms with Gasteiger partial charge >= 0.3 is 0 Å². The first-order chi connectivity index (χ1) is 9.50. The van der Waals surface area contributed by atoms with Gasteiger partial charge in [-0.25, -0.2) is 4.98 Å². The summed E-state index contributed by atoms with van der Waals surface area (Å²) < 4.78 is 0. The molecule has 6 nitrogen and oxygen atoms in total. The molecule has 1 aromatic heterocycles. The molecule has 2 rings (SSSR count). The third kappa shape index (κ3) is 2.89. The van der Waals surface area contributed by atoms with Crippen LogP contribution in [0.2, 0.25) is 0 Å². The summed E-state index contributed by atoms with van der Waals surface area (Å²) in [5.41, 5.74) is 0.605. The van der Waals surface area contributed by atoms with Crippen LogP contribution in [0.5, 0.6) is 0 Å².